The summed E-state index contributed by atoms with van der Waals surface area (Å²) in [6.45, 7) is 3.74. The van der Waals surface area contributed by atoms with Gasteiger partial charge in [-0.3, -0.25) is 14.5 Å². The van der Waals surface area contributed by atoms with Crippen LogP contribution in [-0.4, -0.2) is 68.3 Å². The van der Waals surface area contributed by atoms with Gasteiger partial charge in [0.1, 0.15) is 10.0 Å². The van der Waals surface area contributed by atoms with Gasteiger partial charge in [0.05, 0.1) is 15.5 Å². The van der Waals surface area contributed by atoms with E-state index in [1.807, 2.05) is 48.7 Å². The van der Waals surface area contributed by atoms with E-state index in [2.05, 4.69) is 6.92 Å². The zero-order chi connectivity index (χ0) is 34.1. The molecule has 1 aromatic heterocycles. The molecular weight excluding hydrogens is 665 g/mol. The third kappa shape index (κ3) is 9.22. The molecule has 2 aliphatic rings. The van der Waals surface area contributed by atoms with Crippen molar-refractivity contribution in [3.63, 3.8) is 0 Å². The SMILES string of the molecule is CC1CCN(S(=O)(=O)c2cccc(-c3nn(-c4ccccc4)cc3C=C3SC(=S)N(CCCCCCCCCCC(=O)O)C3=O)c2)CC1. The van der Waals surface area contributed by atoms with Gasteiger partial charge in [-0.25, -0.2) is 13.1 Å². The monoisotopic (exact) mass is 708 g/mol. The van der Waals surface area contributed by atoms with Crippen molar-refractivity contribution in [3.05, 3.63) is 71.3 Å². The molecule has 0 spiro atoms. The van der Waals surface area contributed by atoms with E-state index in [0.29, 0.717) is 51.6 Å². The van der Waals surface area contributed by atoms with Gasteiger partial charge in [-0.1, -0.05) is 99.8 Å². The Morgan fingerprint density at radius 2 is 1.65 bits per heavy atom. The van der Waals surface area contributed by atoms with Crippen molar-refractivity contribution in [2.75, 3.05) is 19.6 Å². The highest BCUT2D eigenvalue weighted by atomic mass is 32.2. The minimum atomic E-state index is -3.66. The number of nitrogens with zero attached hydrogens (tertiary/aromatic N) is 4. The van der Waals surface area contributed by atoms with Crippen LogP contribution < -0.4 is 0 Å². The average molecular weight is 709 g/mol. The molecule has 0 aliphatic carbocycles. The van der Waals surface area contributed by atoms with Crippen LogP contribution in [0.1, 0.15) is 83.1 Å². The summed E-state index contributed by atoms with van der Waals surface area (Å²) in [5, 5.41) is 13.6. The zero-order valence-corrected chi connectivity index (χ0v) is 29.9. The summed E-state index contributed by atoms with van der Waals surface area (Å²) < 4.78 is 31.1. The van der Waals surface area contributed by atoms with Crippen LogP contribution in [0.4, 0.5) is 0 Å². The number of carbonyl (C=O) groups is 2. The molecule has 0 bridgehead atoms. The van der Waals surface area contributed by atoms with Crippen LogP contribution in [0.3, 0.4) is 0 Å². The molecule has 1 amide bonds. The topological polar surface area (TPSA) is 113 Å². The molecule has 12 heteroatoms. The highest BCUT2D eigenvalue weighted by Gasteiger charge is 2.32. The van der Waals surface area contributed by atoms with Crippen LogP contribution in [0.2, 0.25) is 0 Å². The van der Waals surface area contributed by atoms with E-state index >= 15 is 0 Å². The largest absolute Gasteiger partial charge is 0.481 e. The first-order valence-corrected chi connectivity index (χ1v) is 19.5. The van der Waals surface area contributed by atoms with Crippen molar-refractivity contribution in [2.24, 2.45) is 5.92 Å². The summed E-state index contributed by atoms with van der Waals surface area (Å²) >= 11 is 6.90. The number of aromatic nitrogens is 2. The first kappa shape index (κ1) is 36.0. The quantitative estimate of drug-likeness (QED) is 0.0913. The Kier molecular flexibility index (Phi) is 12.6. The van der Waals surface area contributed by atoms with Crippen LogP contribution in [-0.2, 0) is 19.6 Å². The number of carboxylic acids is 1. The number of para-hydroxylation sites is 1. The first-order valence-electron chi connectivity index (χ1n) is 16.9. The van der Waals surface area contributed by atoms with Crippen LogP contribution in [0.5, 0.6) is 0 Å². The Morgan fingerprint density at radius 3 is 2.33 bits per heavy atom. The number of thioether (sulfide) groups is 1. The Morgan fingerprint density at radius 1 is 0.979 bits per heavy atom. The standard InChI is InChI=1S/C36H44N4O5S3/c1-27-19-22-38(23-20-27)48(44,45)31-17-13-14-28(24-31)34-29(26-40(37-34)30-15-9-8-10-16-30)25-32-35(43)39(36(46)47-32)21-12-7-5-3-2-4-6-11-18-33(41)42/h8-10,13-17,24-27H,2-7,11-12,18-23H2,1H3,(H,41,42). The number of sulfonamides is 1. The molecule has 0 radical (unpaired) electrons. The number of carboxylic acid groups (broad SMARTS) is 1. The summed E-state index contributed by atoms with van der Waals surface area (Å²) in [5.74, 6) is -0.346. The van der Waals surface area contributed by atoms with Crippen molar-refractivity contribution < 1.29 is 23.1 Å². The number of piperidine rings is 1. The van der Waals surface area contributed by atoms with Crippen molar-refractivity contribution in [2.45, 2.75) is 82.4 Å². The number of unbranched alkanes of at least 4 members (excludes halogenated alkanes) is 7. The molecule has 2 aromatic carbocycles. The highest BCUT2D eigenvalue weighted by molar-refractivity contribution is 8.26. The number of hydrogen-bond donors (Lipinski definition) is 1. The summed E-state index contributed by atoms with van der Waals surface area (Å²) in [6, 6.07) is 16.6. The Bertz CT molecular complexity index is 1730. The number of benzene rings is 2. The van der Waals surface area contributed by atoms with Gasteiger partial charge in [0, 0.05) is 43.4 Å². The number of amides is 1. The fourth-order valence-corrected chi connectivity index (χ4v) is 8.86. The van der Waals surface area contributed by atoms with E-state index in [-0.39, 0.29) is 17.2 Å². The van der Waals surface area contributed by atoms with E-state index in [0.717, 1.165) is 69.9 Å². The Hall–Kier alpha value is -3.32. The van der Waals surface area contributed by atoms with Gasteiger partial charge in [-0.15, -0.1) is 0 Å². The molecule has 9 nitrogen and oxygen atoms in total. The van der Waals surface area contributed by atoms with E-state index in [9.17, 15) is 18.0 Å². The fraction of sp³-hybridized carbons (Fsp3) is 0.444. The Labute approximate surface area is 293 Å². The van der Waals surface area contributed by atoms with Gasteiger partial charge < -0.3 is 5.11 Å². The third-order valence-electron chi connectivity index (χ3n) is 8.93. The number of aliphatic carboxylic acids is 1. The highest BCUT2D eigenvalue weighted by Crippen LogP contribution is 2.36. The smallest absolute Gasteiger partial charge is 0.303 e. The minimum absolute atomic E-state index is 0.127. The molecule has 256 valence electrons. The normalized spacial score (nSPS) is 17.1. The van der Waals surface area contributed by atoms with Crippen molar-refractivity contribution in [3.8, 4) is 16.9 Å². The van der Waals surface area contributed by atoms with Crippen molar-refractivity contribution >= 4 is 56.3 Å². The van der Waals surface area contributed by atoms with E-state index in [1.54, 1.807) is 32.1 Å². The van der Waals surface area contributed by atoms with E-state index in [4.69, 9.17) is 22.4 Å². The molecule has 2 saturated heterocycles. The molecule has 3 aromatic rings. The molecule has 2 fully saturated rings. The molecule has 3 heterocycles. The number of hydrogen-bond acceptors (Lipinski definition) is 7. The summed E-state index contributed by atoms with van der Waals surface area (Å²) in [4.78, 5) is 26.6. The van der Waals surface area contributed by atoms with Gasteiger partial charge in [-0.05, 0) is 61.9 Å². The van der Waals surface area contributed by atoms with Crippen LogP contribution in [0.25, 0.3) is 23.0 Å². The predicted molar refractivity (Wildman–Crippen MR) is 195 cm³/mol. The summed E-state index contributed by atoms with van der Waals surface area (Å²) in [7, 11) is -3.66. The predicted octanol–water partition coefficient (Wildman–Crippen LogP) is 7.76. The molecule has 2 aliphatic heterocycles. The Balaban J connectivity index is 1.29. The van der Waals surface area contributed by atoms with Gasteiger partial charge in [-0.2, -0.15) is 9.40 Å². The molecule has 5 rings (SSSR count). The lowest BCUT2D eigenvalue weighted by molar-refractivity contribution is -0.137. The first-order chi connectivity index (χ1) is 23.1. The van der Waals surface area contributed by atoms with Crippen LogP contribution in [0.15, 0.2) is 70.6 Å². The zero-order valence-electron chi connectivity index (χ0n) is 27.4. The molecule has 0 saturated carbocycles. The number of rotatable bonds is 16. The summed E-state index contributed by atoms with van der Waals surface area (Å²) in [5.41, 5.74) is 2.78. The average Bonchev–Trinajstić information content (AvgIpc) is 3.62. The maximum absolute atomic E-state index is 13.6. The fourth-order valence-electron chi connectivity index (χ4n) is 6.05. The van der Waals surface area contributed by atoms with Crippen molar-refractivity contribution in [1.82, 2.24) is 19.0 Å². The molecular formula is C36H44N4O5S3. The summed E-state index contributed by atoms with van der Waals surface area (Å²) in [6.07, 6.45) is 13.5. The number of thiocarbonyl (C=S) groups is 1. The maximum Gasteiger partial charge on any atom is 0.303 e. The lowest BCUT2D eigenvalue weighted by Crippen LogP contribution is -2.37. The lowest BCUT2D eigenvalue weighted by atomic mass is 10.0. The van der Waals surface area contributed by atoms with Gasteiger partial charge in [0.15, 0.2) is 0 Å². The van der Waals surface area contributed by atoms with Gasteiger partial charge in [0.25, 0.3) is 5.91 Å². The van der Waals surface area contributed by atoms with Crippen molar-refractivity contribution in [1.29, 1.82) is 0 Å². The molecule has 0 unspecified atom stereocenters. The second-order valence-corrected chi connectivity index (χ2v) is 16.2. The van der Waals surface area contributed by atoms with E-state index < -0.39 is 16.0 Å². The van der Waals surface area contributed by atoms with Crippen LogP contribution >= 0.6 is 24.0 Å². The van der Waals surface area contributed by atoms with Gasteiger partial charge >= 0.3 is 5.97 Å². The minimum Gasteiger partial charge on any atom is -0.481 e. The molecule has 0 atom stereocenters. The van der Waals surface area contributed by atoms with E-state index in [1.165, 1.54) is 11.8 Å². The number of carbonyl (C=O) groups excluding carboxylic acids is 1. The van der Waals surface area contributed by atoms with Gasteiger partial charge in [0.2, 0.25) is 10.0 Å². The molecule has 48 heavy (non-hydrogen) atoms. The maximum atomic E-state index is 13.6. The second kappa shape index (κ2) is 16.9. The molecule has 1 N–H and O–H groups in total. The van der Waals surface area contributed by atoms with Crippen LogP contribution in [0, 0.1) is 5.92 Å². The lowest BCUT2D eigenvalue weighted by Gasteiger charge is -2.29. The third-order valence-corrected chi connectivity index (χ3v) is 12.2. The second-order valence-electron chi connectivity index (χ2n) is 12.6.